The summed E-state index contributed by atoms with van der Waals surface area (Å²) in [7, 11) is 1.89. The first-order valence-electron chi connectivity index (χ1n) is 6.52. The number of aromatic nitrogens is 2. The van der Waals surface area contributed by atoms with Gasteiger partial charge in [0.25, 0.3) is 0 Å². The first-order chi connectivity index (χ1) is 8.25. The third-order valence-corrected chi connectivity index (χ3v) is 3.55. The third kappa shape index (κ3) is 3.59. The number of nitrogens with zero attached hydrogens (tertiary/aromatic N) is 2. The summed E-state index contributed by atoms with van der Waals surface area (Å²) in [5.41, 5.74) is 1.37. The number of nitrogens with one attached hydrogen (secondary N) is 2. The fourth-order valence-corrected chi connectivity index (χ4v) is 1.60. The van der Waals surface area contributed by atoms with Crippen molar-refractivity contribution in [1.82, 2.24) is 9.97 Å². The molecule has 102 valence electrons. The zero-order valence-electron chi connectivity index (χ0n) is 12.7. The summed E-state index contributed by atoms with van der Waals surface area (Å²) in [5.74, 6) is 3.19. The van der Waals surface area contributed by atoms with Crippen LogP contribution in [0.2, 0.25) is 0 Å². The Morgan fingerprint density at radius 2 is 1.67 bits per heavy atom. The molecule has 0 bridgehead atoms. The number of hydrogen-bond acceptors (Lipinski definition) is 4. The molecule has 0 aliphatic carbocycles. The summed E-state index contributed by atoms with van der Waals surface area (Å²) >= 11 is 0. The van der Waals surface area contributed by atoms with E-state index in [-0.39, 0.29) is 0 Å². The lowest BCUT2D eigenvalue weighted by atomic mass is 9.82. The van der Waals surface area contributed by atoms with E-state index in [9.17, 15) is 0 Å². The molecule has 4 heteroatoms. The van der Waals surface area contributed by atoms with Gasteiger partial charge in [-0.15, -0.1) is 0 Å². The largest absolute Gasteiger partial charge is 0.373 e. The van der Waals surface area contributed by atoms with Gasteiger partial charge in [0.15, 0.2) is 0 Å². The van der Waals surface area contributed by atoms with Gasteiger partial charge in [0.1, 0.15) is 17.5 Å². The second-order valence-corrected chi connectivity index (χ2v) is 5.99. The van der Waals surface area contributed by atoms with Crippen molar-refractivity contribution in [3.63, 3.8) is 0 Å². The number of rotatable bonds is 4. The predicted molar refractivity (Wildman–Crippen MR) is 78.2 cm³/mol. The molecule has 0 aliphatic rings. The highest BCUT2D eigenvalue weighted by Gasteiger charge is 2.20. The number of anilines is 2. The molecule has 0 saturated heterocycles. The van der Waals surface area contributed by atoms with Crippen LogP contribution in [-0.4, -0.2) is 23.6 Å². The Hall–Kier alpha value is -1.32. The molecule has 1 aromatic heterocycles. The minimum atomic E-state index is 0.300. The van der Waals surface area contributed by atoms with Crippen LogP contribution in [-0.2, 0) is 0 Å². The van der Waals surface area contributed by atoms with Crippen LogP contribution >= 0.6 is 0 Å². The number of hydrogen-bond donors (Lipinski definition) is 2. The van der Waals surface area contributed by atoms with Gasteiger partial charge in [-0.25, -0.2) is 9.97 Å². The van der Waals surface area contributed by atoms with Gasteiger partial charge in [0, 0.05) is 19.2 Å². The summed E-state index contributed by atoms with van der Waals surface area (Å²) in [6.07, 6.45) is 0. The van der Waals surface area contributed by atoms with E-state index in [1.807, 2.05) is 20.9 Å². The first kappa shape index (κ1) is 14.7. The first-order valence-corrected chi connectivity index (χ1v) is 6.52. The highest BCUT2D eigenvalue weighted by atomic mass is 15.1. The molecule has 0 fully saturated rings. The monoisotopic (exact) mass is 250 g/mol. The van der Waals surface area contributed by atoms with Gasteiger partial charge in [0.05, 0.1) is 0 Å². The van der Waals surface area contributed by atoms with Gasteiger partial charge in [-0.2, -0.15) is 0 Å². The summed E-state index contributed by atoms with van der Waals surface area (Å²) in [4.78, 5) is 8.84. The van der Waals surface area contributed by atoms with E-state index < -0.39 is 0 Å². The molecular formula is C14H26N4. The van der Waals surface area contributed by atoms with E-state index in [4.69, 9.17) is 0 Å². The zero-order chi connectivity index (χ0) is 13.9. The molecule has 0 aliphatic heterocycles. The smallest absolute Gasteiger partial charge is 0.134 e. The van der Waals surface area contributed by atoms with Crippen molar-refractivity contribution in [2.24, 2.45) is 11.3 Å². The average Bonchev–Trinajstić information content (AvgIpc) is 2.27. The van der Waals surface area contributed by atoms with Crippen molar-refractivity contribution >= 4 is 11.6 Å². The zero-order valence-corrected chi connectivity index (χ0v) is 12.7. The minimum Gasteiger partial charge on any atom is -0.373 e. The predicted octanol–water partition coefficient (Wildman–Crippen LogP) is 3.23. The Kier molecular flexibility index (Phi) is 4.54. The van der Waals surface area contributed by atoms with E-state index in [1.54, 1.807) is 0 Å². The topological polar surface area (TPSA) is 49.8 Å². The van der Waals surface area contributed by atoms with Crippen LogP contribution in [0.5, 0.6) is 0 Å². The van der Waals surface area contributed by atoms with Gasteiger partial charge >= 0.3 is 0 Å². The van der Waals surface area contributed by atoms with Crippen LogP contribution < -0.4 is 10.6 Å². The van der Waals surface area contributed by atoms with Gasteiger partial charge in [0.2, 0.25) is 0 Å². The Morgan fingerprint density at radius 3 is 2.17 bits per heavy atom. The second kappa shape index (κ2) is 5.55. The molecule has 0 saturated carbocycles. The van der Waals surface area contributed by atoms with Crippen molar-refractivity contribution < 1.29 is 0 Å². The highest BCUT2D eigenvalue weighted by Crippen LogP contribution is 2.26. The minimum absolute atomic E-state index is 0.300. The van der Waals surface area contributed by atoms with Crippen LogP contribution in [0, 0.1) is 25.2 Å². The SMILES string of the molecule is CNc1nc(C)nc(NCC(C)C(C)(C)C)c1C. The van der Waals surface area contributed by atoms with Crippen molar-refractivity contribution in [3.8, 4) is 0 Å². The highest BCUT2D eigenvalue weighted by molar-refractivity contribution is 5.56. The third-order valence-electron chi connectivity index (χ3n) is 3.55. The van der Waals surface area contributed by atoms with Gasteiger partial charge in [-0.1, -0.05) is 27.7 Å². The van der Waals surface area contributed by atoms with Crippen LogP contribution in [0.15, 0.2) is 0 Å². The fraction of sp³-hybridized carbons (Fsp3) is 0.714. The maximum atomic E-state index is 4.47. The molecule has 0 radical (unpaired) electrons. The van der Waals surface area contributed by atoms with Gasteiger partial charge < -0.3 is 10.6 Å². The van der Waals surface area contributed by atoms with Gasteiger partial charge in [-0.05, 0) is 25.2 Å². The Morgan fingerprint density at radius 1 is 1.11 bits per heavy atom. The molecule has 1 atom stereocenters. The Bertz CT molecular complexity index is 407. The lowest BCUT2D eigenvalue weighted by Gasteiger charge is -2.27. The number of aryl methyl sites for hydroxylation is 1. The molecule has 1 rings (SSSR count). The van der Waals surface area contributed by atoms with E-state index in [0.29, 0.717) is 11.3 Å². The summed E-state index contributed by atoms with van der Waals surface area (Å²) < 4.78 is 0. The molecule has 1 aromatic rings. The summed E-state index contributed by atoms with van der Waals surface area (Å²) in [5, 5.41) is 6.55. The van der Waals surface area contributed by atoms with Crippen LogP contribution in [0.1, 0.15) is 39.1 Å². The molecule has 1 heterocycles. The second-order valence-electron chi connectivity index (χ2n) is 5.99. The Balaban J connectivity index is 2.82. The fourth-order valence-electron chi connectivity index (χ4n) is 1.60. The summed E-state index contributed by atoms with van der Waals surface area (Å²) in [6.45, 7) is 13.9. The molecule has 0 amide bonds. The van der Waals surface area contributed by atoms with Crippen molar-refractivity contribution in [1.29, 1.82) is 0 Å². The maximum Gasteiger partial charge on any atom is 0.134 e. The van der Waals surface area contributed by atoms with Crippen molar-refractivity contribution in [2.45, 2.75) is 41.5 Å². The lowest BCUT2D eigenvalue weighted by Crippen LogP contribution is -2.25. The Labute approximate surface area is 111 Å². The standard InChI is InChI=1S/C14H26N4/c1-9(14(4,5)6)8-16-13-10(2)12(15-7)17-11(3)18-13/h9H,8H2,1-7H3,(H2,15,16,17,18). The van der Waals surface area contributed by atoms with Crippen molar-refractivity contribution in [3.05, 3.63) is 11.4 Å². The molecule has 0 aromatic carbocycles. The average molecular weight is 250 g/mol. The quantitative estimate of drug-likeness (QED) is 0.861. The lowest BCUT2D eigenvalue weighted by molar-refractivity contribution is 0.274. The molecule has 1 unspecified atom stereocenters. The summed E-state index contributed by atoms with van der Waals surface area (Å²) in [6, 6.07) is 0. The molecular weight excluding hydrogens is 224 g/mol. The maximum absolute atomic E-state index is 4.47. The van der Waals surface area contributed by atoms with Crippen LogP contribution in [0.4, 0.5) is 11.6 Å². The van der Waals surface area contributed by atoms with Crippen LogP contribution in [0.25, 0.3) is 0 Å². The van der Waals surface area contributed by atoms with Gasteiger partial charge in [-0.3, -0.25) is 0 Å². The van der Waals surface area contributed by atoms with E-state index in [0.717, 1.165) is 29.6 Å². The van der Waals surface area contributed by atoms with Crippen LogP contribution in [0.3, 0.4) is 0 Å². The molecule has 2 N–H and O–H groups in total. The molecule has 4 nitrogen and oxygen atoms in total. The van der Waals surface area contributed by atoms with E-state index >= 15 is 0 Å². The molecule has 18 heavy (non-hydrogen) atoms. The van der Waals surface area contributed by atoms with E-state index in [1.165, 1.54) is 0 Å². The van der Waals surface area contributed by atoms with Crippen molar-refractivity contribution in [2.75, 3.05) is 24.2 Å². The normalized spacial score (nSPS) is 13.3. The van der Waals surface area contributed by atoms with E-state index in [2.05, 4.69) is 48.3 Å². The molecule has 0 spiro atoms.